The van der Waals surface area contributed by atoms with Crippen molar-refractivity contribution in [3.63, 3.8) is 0 Å². The van der Waals surface area contributed by atoms with Gasteiger partial charge in [-0.05, 0) is 84.2 Å². The number of nitrogens with one attached hydrogen (secondary N) is 3. The van der Waals surface area contributed by atoms with E-state index in [1.165, 1.54) is 4.90 Å². The smallest absolute Gasteiger partial charge is 0.244 e. The second-order valence-electron chi connectivity index (χ2n) is 7.26. The highest BCUT2D eigenvalue weighted by molar-refractivity contribution is 5.89. The molecule has 1 unspecified atom stereocenters. The third kappa shape index (κ3) is 13.0. The molecular formula is C19H43N7O2. The van der Waals surface area contributed by atoms with Crippen LogP contribution in [0.25, 0.3) is 0 Å². The Morgan fingerprint density at radius 3 is 1.96 bits per heavy atom. The van der Waals surface area contributed by atoms with Gasteiger partial charge in [0.05, 0.1) is 6.04 Å². The first-order valence-corrected chi connectivity index (χ1v) is 10.5. The molecule has 0 aliphatic rings. The van der Waals surface area contributed by atoms with Crippen molar-refractivity contribution >= 4 is 11.8 Å². The number of unbranched alkanes of at least 4 members (excludes halogenated alkanes) is 1. The van der Waals surface area contributed by atoms with Gasteiger partial charge in [-0.2, -0.15) is 0 Å². The molecule has 0 aliphatic heterocycles. The fourth-order valence-corrected chi connectivity index (χ4v) is 2.82. The Kier molecular flexibility index (Phi) is 17.0. The van der Waals surface area contributed by atoms with Crippen LogP contribution in [0.15, 0.2) is 0 Å². The molecular weight excluding hydrogens is 358 g/mol. The molecule has 0 heterocycles. The summed E-state index contributed by atoms with van der Waals surface area (Å²) in [5.41, 5.74) is 16.6. The number of rotatable bonds is 18. The first-order chi connectivity index (χ1) is 13.5. The Labute approximate surface area is 170 Å². The van der Waals surface area contributed by atoms with Gasteiger partial charge in [0, 0.05) is 14.1 Å². The van der Waals surface area contributed by atoms with E-state index in [4.69, 9.17) is 17.2 Å². The normalized spacial score (nSPS) is 13.2. The summed E-state index contributed by atoms with van der Waals surface area (Å²) < 4.78 is 0. The SMILES string of the molecule is CN(C)C(=O)C(CCCCN)NC(=O)[C@H](CCCNCCCN)NCCCN. The van der Waals surface area contributed by atoms with Gasteiger partial charge >= 0.3 is 0 Å². The Morgan fingerprint density at radius 1 is 0.786 bits per heavy atom. The maximum Gasteiger partial charge on any atom is 0.244 e. The number of likely N-dealkylation sites (N-methyl/N-ethyl adjacent to an activating group) is 1. The molecule has 0 spiro atoms. The van der Waals surface area contributed by atoms with Gasteiger partial charge < -0.3 is 38.1 Å². The number of hydrogen-bond acceptors (Lipinski definition) is 7. The average Bonchev–Trinajstić information content (AvgIpc) is 2.67. The van der Waals surface area contributed by atoms with E-state index in [0.717, 1.165) is 45.2 Å². The van der Waals surface area contributed by atoms with Gasteiger partial charge in [0.1, 0.15) is 6.04 Å². The summed E-state index contributed by atoms with van der Waals surface area (Å²) in [4.78, 5) is 26.8. The molecule has 0 bridgehead atoms. The number of carbonyl (C=O) groups is 2. The summed E-state index contributed by atoms with van der Waals surface area (Å²) in [6, 6.07) is -0.856. The Balaban J connectivity index is 4.71. The maximum atomic E-state index is 12.8. The summed E-state index contributed by atoms with van der Waals surface area (Å²) >= 11 is 0. The Bertz CT molecular complexity index is 408. The molecule has 0 saturated heterocycles. The second kappa shape index (κ2) is 17.8. The van der Waals surface area contributed by atoms with Crippen molar-refractivity contribution < 1.29 is 9.59 Å². The molecule has 9 N–H and O–H groups in total. The van der Waals surface area contributed by atoms with Crippen LogP contribution in [-0.2, 0) is 9.59 Å². The predicted octanol–water partition coefficient (Wildman–Crippen LogP) is -1.29. The van der Waals surface area contributed by atoms with E-state index >= 15 is 0 Å². The number of amides is 2. The lowest BCUT2D eigenvalue weighted by Crippen LogP contribution is -2.52. The van der Waals surface area contributed by atoms with Crippen molar-refractivity contribution in [3.05, 3.63) is 0 Å². The number of carbonyl (C=O) groups excluding carboxylic acids is 2. The van der Waals surface area contributed by atoms with Gasteiger partial charge in [-0.1, -0.05) is 0 Å². The lowest BCUT2D eigenvalue weighted by molar-refractivity contribution is -0.135. The first kappa shape index (κ1) is 26.7. The molecule has 0 aromatic heterocycles. The summed E-state index contributed by atoms with van der Waals surface area (Å²) in [6.45, 7) is 4.21. The molecule has 0 rings (SSSR count). The zero-order chi connectivity index (χ0) is 21.2. The molecule has 9 heteroatoms. The van der Waals surface area contributed by atoms with Gasteiger partial charge in [0.15, 0.2) is 0 Å². The summed E-state index contributed by atoms with van der Waals surface area (Å²) in [6.07, 6.45) is 5.52. The van der Waals surface area contributed by atoms with Crippen LogP contribution in [0, 0.1) is 0 Å². The largest absolute Gasteiger partial charge is 0.347 e. The van der Waals surface area contributed by atoms with Crippen molar-refractivity contribution in [2.24, 2.45) is 17.2 Å². The molecule has 0 fully saturated rings. The van der Waals surface area contributed by atoms with Crippen LogP contribution in [0.2, 0.25) is 0 Å². The number of nitrogens with zero attached hydrogens (tertiary/aromatic N) is 1. The molecule has 0 radical (unpaired) electrons. The van der Waals surface area contributed by atoms with E-state index < -0.39 is 6.04 Å². The van der Waals surface area contributed by atoms with Crippen LogP contribution in [0.4, 0.5) is 0 Å². The Hall–Kier alpha value is -1.26. The topological polar surface area (TPSA) is 152 Å². The van der Waals surface area contributed by atoms with Crippen LogP contribution >= 0.6 is 0 Å². The zero-order valence-electron chi connectivity index (χ0n) is 17.8. The molecule has 28 heavy (non-hydrogen) atoms. The minimum absolute atomic E-state index is 0.0884. The Morgan fingerprint density at radius 2 is 1.36 bits per heavy atom. The highest BCUT2D eigenvalue weighted by Gasteiger charge is 2.25. The third-order valence-corrected chi connectivity index (χ3v) is 4.49. The van der Waals surface area contributed by atoms with Crippen LogP contribution in [0.1, 0.15) is 44.9 Å². The second-order valence-corrected chi connectivity index (χ2v) is 7.26. The molecule has 0 saturated carbocycles. The van der Waals surface area contributed by atoms with E-state index in [0.29, 0.717) is 39.0 Å². The molecule has 0 aromatic carbocycles. The van der Waals surface area contributed by atoms with Gasteiger partial charge in [-0.3, -0.25) is 9.59 Å². The van der Waals surface area contributed by atoms with Crippen molar-refractivity contribution in [3.8, 4) is 0 Å². The van der Waals surface area contributed by atoms with Crippen molar-refractivity contribution in [2.45, 2.75) is 57.0 Å². The van der Waals surface area contributed by atoms with E-state index in [-0.39, 0.29) is 17.9 Å². The number of hydrogen-bond donors (Lipinski definition) is 6. The monoisotopic (exact) mass is 401 g/mol. The number of nitrogens with two attached hydrogens (primary N) is 3. The van der Waals surface area contributed by atoms with Gasteiger partial charge in [-0.25, -0.2) is 0 Å². The highest BCUT2D eigenvalue weighted by atomic mass is 16.2. The standard InChI is InChI=1S/C19H43N7O2/c1-26(2)19(28)17(8-3-4-10-20)25-18(27)16(24-15-7-12-22)9-5-13-23-14-6-11-21/h16-17,23-24H,3-15,20-22H2,1-2H3,(H,25,27)/t16-,17?/m0/s1. The minimum Gasteiger partial charge on any atom is -0.347 e. The third-order valence-electron chi connectivity index (χ3n) is 4.49. The molecule has 0 aromatic rings. The predicted molar refractivity (Wildman–Crippen MR) is 115 cm³/mol. The summed E-state index contributed by atoms with van der Waals surface area (Å²) in [5, 5.41) is 9.55. The van der Waals surface area contributed by atoms with Gasteiger partial charge in [-0.15, -0.1) is 0 Å². The van der Waals surface area contributed by atoms with E-state index in [1.807, 2.05) is 0 Å². The van der Waals surface area contributed by atoms with Crippen LogP contribution in [-0.4, -0.2) is 82.2 Å². The van der Waals surface area contributed by atoms with E-state index in [1.54, 1.807) is 14.1 Å². The fourth-order valence-electron chi connectivity index (χ4n) is 2.82. The minimum atomic E-state index is -0.518. The van der Waals surface area contributed by atoms with Gasteiger partial charge in [0.2, 0.25) is 11.8 Å². The van der Waals surface area contributed by atoms with Crippen LogP contribution in [0.3, 0.4) is 0 Å². The van der Waals surface area contributed by atoms with Gasteiger partial charge in [0.25, 0.3) is 0 Å². The quantitative estimate of drug-likeness (QED) is 0.156. The highest BCUT2D eigenvalue weighted by Crippen LogP contribution is 2.06. The fraction of sp³-hybridized carbons (Fsp3) is 0.895. The van der Waals surface area contributed by atoms with Crippen molar-refractivity contribution in [2.75, 3.05) is 53.4 Å². The van der Waals surface area contributed by atoms with Crippen molar-refractivity contribution in [1.82, 2.24) is 20.9 Å². The van der Waals surface area contributed by atoms with Crippen LogP contribution < -0.4 is 33.2 Å². The van der Waals surface area contributed by atoms with Crippen LogP contribution in [0.5, 0.6) is 0 Å². The van der Waals surface area contributed by atoms with Crippen molar-refractivity contribution in [1.29, 1.82) is 0 Å². The van der Waals surface area contributed by atoms with E-state index in [2.05, 4.69) is 16.0 Å². The lowest BCUT2D eigenvalue weighted by Gasteiger charge is -2.25. The molecule has 0 aliphatic carbocycles. The molecule has 9 nitrogen and oxygen atoms in total. The average molecular weight is 402 g/mol. The molecule has 2 atom stereocenters. The molecule has 2 amide bonds. The summed E-state index contributed by atoms with van der Waals surface area (Å²) in [5.74, 6) is -0.221. The zero-order valence-corrected chi connectivity index (χ0v) is 17.8. The van der Waals surface area contributed by atoms with E-state index in [9.17, 15) is 9.59 Å². The maximum absolute atomic E-state index is 12.8. The molecule has 166 valence electrons. The lowest BCUT2D eigenvalue weighted by atomic mass is 10.1. The first-order valence-electron chi connectivity index (χ1n) is 10.5. The summed E-state index contributed by atoms with van der Waals surface area (Å²) in [7, 11) is 3.41.